The number of ketones is 1. The third kappa shape index (κ3) is 2.21. The second-order valence-electron chi connectivity index (χ2n) is 3.73. The molecule has 0 unspecified atom stereocenters. The first-order valence-corrected chi connectivity index (χ1v) is 5.73. The summed E-state index contributed by atoms with van der Waals surface area (Å²) in [6.45, 7) is 1.59. The lowest BCUT2D eigenvalue weighted by Crippen LogP contribution is -2.14. The van der Waals surface area contributed by atoms with Gasteiger partial charge in [-0.1, -0.05) is 15.9 Å². The third-order valence-corrected chi connectivity index (χ3v) is 2.81. The number of nitrogens with zero attached hydrogens (tertiary/aromatic N) is 2. The van der Waals surface area contributed by atoms with Gasteiger partial charge in [-0.05, 0) is 25.1 Å². The van der Waals surface area contributed by atoms with Gasteiger partial charge in [-0.2, -0.15) is 5.10 Å². The van der Waals surface area contributed by atoms with Crippen LogP contribution in [0.5, 0.6) is 0 Å². The van der Waals surface area contributed by atoms with Crippen LogP contribution in [0.25, 0.3) is 10.9 Å². The SMILES string of the molecule is CC(=O)Cn1nc(C(N)=O)c2ccc(Br)cc21. The molecule has 0 atom stereocenters. The Morgan fingerprint density at radius 3 is 2.76 bits per heavy atom. The first-order valence-electron chi connectivity index (χ1n) is 4.94. The molecular weight excluding hydrogens is 286 g/mol. The molecule has 0 saturated carbocycles. The van der Waals surface area contributed by atoms with Gasteiger partial charge in [0.25, 0.3) is 5.91 Å². The number of aromatic nitrogens is 2. The van der Waals surface area contributed by atoms with Crippen molar-refractivity contribution < 1.29 is 9.59 Å². The summed E-state index contributed by atoms with van der Waals surface area (Å²) in [4.78, 5) is 22.4. The summed E-state index contributed by atoms with van der Waals surface area (Å²) >= 11 is 3.34. The molecule has 0 bridgehead atoms. The highest BCUT2D eigenvalue weighted by Crippen LogP contribution is 2.22. The summed E-state index contributed by atoms with van der Waals surface area (Å²) in [5.74, 6) is -0.634. The van der Waals surface area contributed by atoms with Gasteiger partial charge in [0.05, 0.1) is 12.1 Å². The topological polar surface area (TPSA) is 78.0 Å². The van der Waals surface area contributed by atoms with Crippen LogP contribution in [-0.2, 0) is 11.3 Å². The number of fused-ring (bicyclic) bond motifs is 1. The summed E-state index contributed by atoms with van der Waals surface area (Å²) in [5, 5.41) is 4.73. The lowest BCUT2D eigenvalue weighted by Gasteiger charge is -1.99. The lowest BCUT2D eigenvalue weighted by atomic mass is 10.2. The Hall–Kier alpha value is -1.69. The fourth-order valence-corrected chi connectivity index (χ4v) is 2.01. The van der Waals surface area contributed by atoms with Gasteiger partial charge >= 0.3 is 0 Å². The van der Waals surface area contributed by atoms with Gasteiger partial charge in [-0.3, -0.25) is 14.3 Å². The van der Waals surface area contributed by atoms with E-state index in [1.54, 1.807) is 18.2 Å². The molecule has 0 fully saturated rings. The van der Waals surface area contributed by atoms with Crippen molar-refractivity contribution in [2.45, 2.75) is 13.5 Å². The largest absolute Gasteiger partial charge is 0.364 e. The number of carbonyl (C=O) groups excluding carboxylic acids is 2. The molecule has 1 aromatic heterocycles. The molecule has 1 heterocycles. The molecule has 5 nitrogen and oxygen atoms in total. The van der Waals surface area contributed by atoms with Crippen LogP contribution < -0.4 is 5.73 Å². The first-order chi connectivity index (χ1) is 7.99. The van der Waals surface area contributed by atoms with E-state index in [0.29, 0.717) is 10.9 Å². The number of hydrogen-bond acceptors (Lipinski definition) is 3. The van der Waals surface area contributed by atoms with E-state index < -0.39 is 5.91 Å². The van der Waals surface area contributed by atoms with Gasteiger partial charge in [0, 0.05) is 9.86 Å². The summed E-state index contributed by atoms with van der Waals surface area (Å²) in [5.41, 5.74) is 6.15. The predicted octanol–water partition coefficient (Wildman–Crippen LogP) is 1.49. The molecule has 2 rings (SSSR count). The van der Waals surface area contributed by atoms with Gasteiger partial charge in [0.15, 0.2) is 11.5 Å². The number of halogens is 1. The molecule has 2 aromatic rings. The van der Waals surface area contributed by atoms with E-state index >= 15 is 0 Å². The zero-order valence-corrected chi connectivity index (χ0v) is 10.7. The molecule has 1 amide bonds. The van der Waals surface area contributed by atoms with Crippen LogP contribution >= 0.6 is 15.9 Å². The minimum Gasteiger partial charge on any atom is -0.364 e. The average Bonchev–Trinajstić information content (AvgIpc) is 2.56. The molecule has 0 spiro atoms. The van der Waals surface area contributed by atoms with E-state index in [9.17, 15) is 9.59 Å². The molecule has 6 heteroatoms. The Bertz CT molecular complexity index is 618. The Morgan fingerprint density at radius 2 is 2.18 bits per heavy atom. The normalized spacial score (nSPS) is 10.7. The number of benzene rings is 1. The van der Waals surface area contributed by atoms with E-state index in [4.69, 9.17) is 5.73 Å². The van der Waals surface area contributed by atoms with Gasteiger partial charge < -0.3 is 5.73 Å². The van der Waals surface area contributed by atoms with Crippen LogP contribution in [0.15, 0.2) is 22.7 Å². The van der Waals surface area contributed by atoms with Crippen molar-refractivity contribution in [2.24, 2.45) is 5.73 Å². The van der Waals surface area contributed by atoms with Crippen LogP contribution in [0.2, 0.25) is 0 Å². The molecule has 0 aliphatic carbocycles. The first kappa shape index (κ1) is 11.8. The minimum atomic E-state index is -0.598. The van der Waals surface area contributed by atoms with E-state index in [-0.39, 0.29) is 18.0 Å². The number of nitrogens with two attached hydrogens (primary N) is 1. The fraction of sp³-hybridized carbons (Fsp3) is 0.182. The molecule has 2 N–H and O–H groups in total. The van der Waals surface area contributed by atoms with Crippen LogP contribution in [0.4, 0.5) is 0 Å². The van der Waals surface area contributed by atoms with Gasteiger partial charge in [0.1, 0.15) is 0 Å². The molecule has 0 aliphatic heterocycles. The van der Waals surface area contributed by atoms with Crippen molar-refractivity contribution in [3.8, 4) is 0 Å². The monoisotopic (exact) mass is 295 g/mol. The quantitative estimate of drug-likeness (QED) is 0.932. The number of hydrogen-bond donors (Lipinski definition) is 1. The average molecular weight is 296 g/mol. The standard InChI is InChI=1S/C11H10BrN3O2/c1-6(16)5-15-9-4-7(12)2-3-8(9)10(14-15)11(13)17/h2-4H,5H2,1H3,(H2,13,17). The van der Waals surface area contributed by atoms with Crippen molar-refractivity contribution in [2.75, 3.05) is 0 Å². The minimum absolute atomic E-state index is 0.0367. The Labute approximate surface area is 106 Å². The molecule has 0 aliphatic rings. The highest BCUT2D eigenvalue weighted by atomic mass is 79.9. The number of carbonyl (C=O) groups is 2. The fourth-order valence-electron chi connectivity index (χ4n) is 1.66. The maximum Gasteiger partial charge on any atom is 0.269 e. The van der Waals surface area contributed by atoms with Crippen LogP contribution in [-0.4, -0.2) is 21.5 Å². The molecule has 1 aromatic carbocycles. The Balaban J connectivity index is 2.70. The van der Waals surface area contributed by atoms with Crippen molar-refractivity contribution in [1.82, 2.24) is 9.78 Å². The molecule has 0 radical (unpaired) electrons. The summed E-state index contributed by atoms with van der Waals surface area (Å²) in [6.07, 6.45) is 0. The lowest BCUT2D eigenvalue weighted by molar-refractivity contribution is -0.117. The highest BCUT2D eigenvalue weighted by Gasteiger charge is 2.15. The molecule has 88 valence electrons. The van der Waals surface area contributed by atoms with E-state index in [0.717, 1.165) is 4.47 Å². The summed E-state index contributed by atoms with van der Waals surface area (Å²) < 4.78 is 2.34. The van der Waals surface area contributed by atoms with Gasteiger partial charge in [-0.25, -0.2) is 0 Å². The maximum atomic E-state index is 11.2. The Kier molecular flexibility index (Phi) is 2.97. The molecule has 0 saturated heterocycles. The zero-order valence-electron chi connectivity index (χ0n) is 9.11. The molecular formula is C11H10BrN3O2. The van der Waals surface area contributed by atoms with Crippen LogP contribution in [0.3, 0.4) is 0 Å². The van der Waals surface area contributed by atoms with Crippen LogP contribution in [0.1, 0.15) is 17.4 Å². The number of primary amides is 1. The number of rotatable bonds is 3. The second-order valence-corrected chi connectivity index (χ2v) is 4.65. The molecule has 17 heavy (non-hydrogen) atoms. The van der Waals surface area contributed by atoms with Crippen molar-refractivity contribution in [1.29, 1.82) is 0 Å². The second kappa shape index (κ2) is 4.29. The summed E-state index contributed by atoms with van der Waals surface area (Å²) in [7, 11) is 0. The predicted molar refractivity (Wildman–Crippen MR) is 66.6 cm³/mol. The Morgan fingerprint density at radius 1 is 1.47 bits per heavy atom. The number of Topliss-reactive ketones (excluding diaryl/α,β-unsaturated/α-hetero) is 1. The van der Waals surface area contributed by atoms with Crippen LogP contribution in [0, 0.1) is 0 Å². The maximum absolute atomic E-state index is 11.2. The zero-order chi connectivity index (χ0) is 12.6. The smallest absolute Gasteiger partial charge is 0.269 e. The van der Waals surface area contributed by atoms with Crippen molar-refractivity contribution in [3.63, 3.8) is 0 Å². The highest BCUT2D eigenvalue weighted by molar-refractivity contribution is 9.10. The summed E-state index contributed by atoms with van der Waals surface area (Å²) in [6, 6.07) is 5.36. The number of amides is 1. The van der Waals surface area contributed by atoms with E-state index in [1.165, 1.54) is 11.6 Å². The van der Waals surface area contributed by atoms with Gasteiger partial charge in [0.2, 0.25) is 0 Å². The van der Waals surface area contributed by atoms with Gasteiger partial charge in [-0.15, -0.1) is 0 Å². The van der Waals surface area contributed by atoms with E-state index in [1.807, 2.05) is 0 Å². The van der Waals surface area contributed by atoms with Crippen molar-refractivity contribution >= 4 is 38.5 Å². The van der Waals surface area contributed by atoms with E-state index in [2.05, 4.69) is 21.0 Å². The third-order valence-electron chi connectivity index (χ3n) is 2.32. The van der Waals surface area contributed by atoms with Crippen molar-refractivity contribution in [3.05, 3.63) is 28.4 Å².